The smallest absolute Gasteiger partial charge is 0.422 e. The zero-order valence-electron chi connectivity index (χ0n) is 16.1. The summed E-state index contributed by atoms with van der Waals surface area (Å²) in [4.78, 5) is 27.8. The predicted molar refractivity (Wildman–Crippen MR) is 101 cm³/mol. The normalized spacial score (nSPS) is 11.6. The number of aromatic nitrogens is 1. The van der Waals surface area contributed by atoms with Crippen molar-refractivity contribution in [1.29, 1.82) is 0 Å². The highest BCUT2D eigenvalue weighted by atomic mass is 32.2. The minimum Gasteiger partial charge on any atom is -0.484 e. The molecule has 0 fully saturated rings. The van der Waals surface area contributed by atoms with Crippen molar-refractivity contribution in [3.63, 3.8) is 0 Å². The number of halogens is 3. The molecule has 0 aliphatic carbocycles. The number of pyridine rings is 1. The summed E-state index contributed by atoms with van der Waals surface area (Å²) in [5.41, 5.74) is -0.243. The van der Waals surface area contributed by atoms with Crippen molar-refractivity contribution in [2.75, 3.05) is 26.9 Å². The van der Waals surface area contributed by atoms with Gasteiger partial charge in [0.25, 0.3) is 21.8 Å². The Kier molecular flexibility index (Phi) is 7.94. The lowest BCUT2D eigenvalue weighted by Crippen LogP contribution is -2.31. The summed E-state index contributed by atoms with van der Waals surface area (Å²) in [5, 5.41) is 2.51. The van der Waals surface area contributed by atoms with Gasteiger partial charge in [-0.2, -0.15) is 13.2 Å². The number of nitrogens with one attached hydrogen (secondary N) is 2. The third kappa shape index (κ3) is 7.53. The average molecular weight is 461 g/mol. The average Bonchev–Trinajstić information content (AvgIpc) is 2.72. The summed E-state index contributed by atoms with van der Waals surface area (Å²) in [6.07, 6.45) is -3.37. The predicted octanol–water partition coefficient (Wildman–Crippen LogP) is 1.52. The Morgan fingerprint density at radius 1 is 1.10 bits per heavy atom. The van der Waals surface area contributed by atoms with Crippen LogP contribution >= 0.6 is 0 Å². The summed E-state index contributed by atoms with van der Waals surface area (Å²) in [5.74, 6) is -1.80. The number of hydrogen-bond acceptors (Lipinski definition) is 7. The monoisotopic (exact) mass is 461 g/mol. The Bertz CT molecular complexity index is 1030. The van der Waals surface area contributed by atoms with Crippen LogP contribution < -0.4 is 14.8 Å². The van der Waals surface area contributed by atoms with Crippen molar-refractivity contribution in [3.8, 4) is 5.75 Å². The molecule has 0 aliphatic heterocycles. The summed E-state index contributed by atoms with van der Waals surface area (Å²) >= 11 is 0. The lowest BCUT2D eigenvalue weighted by molar-refractivity contribution is -0.153. The molecule has 0 spiro atoms. The van der Waals surface area contributed by atoms with Crippen molar-refractivity contribution < 1.29 is 40.7 Å². The number of alkyl halides is 3. The highest BCUT2D eigenvalue weighted by Gasteiger charge is 2.28. The number of nitrogens with zero attached hydrogens (tertiary/aromatic N) is 1. The third-order valence-electron chi connectivity index (χ3n) is 3.61. The van der Waals surface area contributed by atoms with E-state index in [0.717, 1.165) is 30.3 Å². The zero-order chi connectivity index (χ0) is 23.1. The molecule has 9 nitrogen and oxygen atoms in total. The molecule has 2 rings (SSSR count). The third-order valence-corrected chi connectivity index (χ3v) is 4.96. The molecule has 0 unspecified atom stereocenters. The second-order valence-electron chi connectivity index (χ2n) is 5.99. The molecule has 0 radical (unpaired) electrons. The van der Waals surface area contributed by atoms with Crippen molar-refractivity contribution in [2.45, 2.75) is 11.1 Å². The van der Waals surface area contributed by atoms with Crippen molar-refractivity contribution in [3.05, 3.63) is 53.9 Å². The molecule has 2 N–H and O–H groups in total. The molecule has 0 bridgehead atoms. The van der Waals surface area contributed by atoms with Crippen LogP contribution in [0.5, 0.6) is 5.75 Å². The lowest BCUT2D eigenvalue weighted by atomic mass is 10.2. The van der Waals surface area contributed by atoms with Crippen LogP contribution in [0, 0.1) is 0 Å². The van der Waals surface area contributed by atoms with Gasteiger partial charge in [-0.3, -0.25) is 14.6 Å². The Balaban J connectivity index is 2.07. The first-order valence-electron chi connectivity index (χ1n) is 8.62. The van der Waals surface area contributed by atoms with Crippen LogP contribution in [0.3, 0.4) is 0 Å². The summed E-state index contributed by atoms with van der Waals surface area (Å²) in [6, 6.07) is 6.36. The topological polar surface area (TPSA) is 124 Å². The van der Waals surface area contributed by atoms with Gasteiger partial charge in [-0.15, -0.1) is 0 Å². The second-order valence-corrected chi connectivity index (χ2v) is 7.67. The van der Waals surface area contributed by atoms with E-state index in [9.17, 15) is 31.2 Å². The number of methoxy groups -OCH3 is 1. The first-order valence-corrected chi connectivity index (χ1v) is 10.1. The van der Waals surface area contributed by atoms with Gasteiger partial charge in [-0.25, -0.2) is 13.1 Å². The minimum atomic E-state index is -4.54. The molecule has 13 heteroatoms. The minimum absolute atomic E-state index is 0.104. The molecule has 2 amide bonds. The van der Waals surface area contributed by atoms with E-state index >= 15 is 0 Å². The SMILES string of the molecule is COCCNC(=O)c1cc(C(=O)NS(=O)(=O)c2ccc(OCC(F)(F)F)cc2)ccn1. The molecule has 1 heterocycles. The Morgan fingerprint density at radius 2 is 1.77 bits per heavy atom. The first-order chi connectivity index (χ1) is 14.5. The maximum Gasteiger partial charge on any atom is 0.422 e. The molecular weight excluding hydrogens is 443 g/mol. The van der Waals surface area contributed by atoms with E-state index in [2.05, 4.69) is 15.0 Å². The number of carbonyl (C=O) groups excluding carboxylic acids is 2. The Labute approximate surface area is 175 Å². The van der Waals surface area contributed by atoms with Crippen molar-refractivity contribution in [1.82, 2.24) is 15.0 Å². The lowest BCUT2D eigenvalue weighted by Gasteiger charge is -2.11. The maximum atomic E-state index is 12.4. The van der Waals surface area contributed by atoms with E-state index in [0.29, 0.717) is 0 Å². The maximum absolute atomic E-state index is 12.4. The fourth-order valence-corrected chi connectivity index (χ4v) is 3.15. The molecule has 0 saturated carbocycles. The van der Waals surface area contributed by atoms with E-state index in [1.165, 1.54) is 19.4 Å². The molecule has 2 aromatic rings. The first kappa shape index (κ1) is 24.1. The molecular formula is C18H18F3N3O6S. The molecule has 168 valence electrons. The molecule has 31 heavy (non-hydrogen) atoms. The van der Waals surface area contributed by atoms with E-state index in [4.69, 9.17) is 4.74 Å². The van der Waals surface area contributed by atoms with Gasteiger partial charge in [0.15, 0.2) is 6.61 Å². The molecule has 0 atom stereocenters. The Morgan fingerprint density at radius 3 is 2.39 bits per heavy atom. The summed E-state index contributed by atoms with van der Waals surface area (Å²) in [7, 11) is -2.88. The van der Waals surface area contributed by atoms with Crippen LogP contribution in [0.25, 0.3) is 0 Å². The highest BCUT2D eigenvalue weighted by Crippen LogP contribution is 2.20. The van der Waals surface area contributed by atoms with Gasteiger partial charge in [0.05, 0.1) is 11.5 Å². The molecule has 1 aromatic carbocycles. The number of carbonyl (C=O) groups is 2. The molecule has 0 saturated heterocycles. The van der Waals surface area contributed by atoms with Crippen LogP contribution in [0.4, 0.5) is 13.2 Å². The van der Waals surface area contributed by atoms with Gasteiger partial charge in [0, 0.05) is 25.4 Å². The van der Waals surface area contributed by atoms with E-state index in [-0.39, 0.29) is 35.1 Å². The van der Waals surface area contributed by atoms with Gasteiger partial charge in [0.1, 0.15) is 11.4 Å². The number of amides is 2. The molecule has 1 aromatic heterocycles. The van der Waals surface area contributed by atoms with Crippen LogP contribution in [0.15, 0.2) is 47.5 Å². The van der Waals surface area contributed by atoms with Crippen LogP contribution in [0.2, 0.25) is 0 Å². The highest BCUT2D eigenvalue weighted by molar-refractivity contribution is 7.90. The van der Waals surface area contributed by atoms with E-state index in [1.54, 1.807) is 0 Å². The van der Waals surface area contributed by atoms with Gasteiger partial charge >= 0.3 is 6.18 Å². The zero-order valence-corrected chi connectivity index (χ0v) is 16.9. The van der Waals surface area contributed by atoms with E-state index in [1.807, 2.05) is 4.72 Å². The van der Waals surface area contributed by atoms with Gasteiger partial charge in [0.2, 0.25) is 0 Å². The Hall–Kier alpha value is -3.19. The van der Waals surface area contributed by atoms with Gasteiger partial charge in [-0.1, -0.05) is 0 Å². The van der Waals surface area contributed by atoms with Crippen molar-refractivity contribution in [2.24, 2.45) is 0 Å². The number of sulfonamides is 1. The fraction of sp³-hybridized carbons (Fsp3) is 0.278. The standard InChI is InChI=1S/C18H18F3N3O6S/c1-29-9-8-23-17(26)15-10-12(6-7-22-15)16(25)24-31(27,28)14-4-2-13(3-5-14)30-11-18(19,20)21/h2-7,10H,8-9,11H2,1H3,(H,23,26)(H,24,25). The number of rotatable bonds is 9. The van der Waals surface area contributed by atoms with Crippen LogP contribution in [0.1, 0.15) is 20.8 Å². The number of benzene rings is 1. The van der Waals surface area contributed by atoms with E-state index < -0.39 is 34.6 Å². The fourth-order valence-electron chi connectivity index (χ4n) is 2.17. The van der Waals surface area contributed by atoms with Gasteiger partial charge in [-0.05, 0) is 36.4 Å². The summed E-state index contributed by atoms with van der Waals surface area (Å²) < 4.78 is 72.4. The van der Waals surface area contributed by atoms with Crippen LogP contribution in [-0.4, -0.2) is 58.3 Å². The number of ether oxygens (including phenoxy) is 2. The summed E-state index contributed by atoms with van der Waals surface area (Å²) in [6.45, 7) is -1.05. The second kappa shape index (κ2) is 10.2. The number of hydrogen-bond donors (Lipinski definition) is 2. The van der Waals surface area contributed by atoms with Gasteiger partial charge < -0.3 is 14.8 Å². The largest absolute Gasteiger partial charge is 0.484 e. The van der Waals surface area contributed by atoms with Crippen LogP contribution in [-0.2, 0) is 14.8 Å². The molecule has 0 aliphatic rings. The van der Waals surface area contributed by atoms with Crippen molar-refractivity contribution >= 4 is 21.8 Å². The quantitative estimate of drug-likeness (QED) is 0.543.